The standard InChI is InChI=1S/C14H17BrN4O5/c1-14(2,3)24-13(23)19(12(21)22)11-9-8(15)6-18(4-5-20)10(9)16-7-17-11/h6-7,20H,4-5H2,1-3H3,(H,21,22). The summed E-state index contributed by atoms with van der Waals surface area (Å²) in [5, 5.41) is 18.9. The number of carbonyl (C=O) groups excluding carboxylic acids is 1. The summed E-state index contributed by atoms with van der Waals surface area (Å²) in [5.41, 5.74) is -0.479. The van der Waals surface area contributed by atoms with Crippen LogP contribution < -0.4 is 4.90 Å². The molecule has 0 aliphatic carbocycles. The van der Waals surface area contributed by atoms with E-state index in [4.69, 9.17) is 9.84 Å². The van der Waals surface area contributed by atoms with Gasteiger partial charge in [-0.3, -0.25) is 0 Å². The molecule has 0 aliphatic heterocycles. The Bertz CT molecular complexity index is 783. The third-order valence-corrected chi connectivity index (χ3v) is 3.51. The third kappa shape index (κ3) is 3.65. The number of anilines is 1. The van der Waals surface area contributed by atoms with Gasteiger partial charge in [0, 0.05) is 17.2 Å². The number of carbonyl (C=O) groups is 2. The molecule has 0 radical (unpaired) electrons. The van der Waals surface area contributed by atoms with Crippen molar-refractivity contribution < 1.29 is 24.5 Å². The van der Waals surface area contributed by atoms with Crippen LogP contribution in [-0.2, 0) is 11.3 Å². The zero-order valence-electron chi connectivity index (χ0n) is 13.4. The summed E-state index contributed by atoms with van der Waals surface area (Å²) in [6.45, 7) is 5.04. The lowest BCUT2D eigenvalue weighted by Gasteiger charge is -2.24. The molecule has 0 fully saturated rings. The lowest BCUT2D eigenvalue weighted by Crippen LogP contribution is -2.40. The molecule has 0 bridgehead atoms. The zero-order chi connectivity index (χ0) is 18.1. The largest absolute Gasteiger partial charge is 0.464 e. The van der Waals surface area contributed by atoms with Crippen LogP contribution >= 0.6 is 15.9 Å². The first-order chi connectivity index (χ1) is 11.2. The maximum atomic E-state index is 12.3. The van der Waals surface area contributed by atoms with Gasteiger partial charge >= 0.3 is 12.2 Å². The van der Waals surface area contributed by atoms with Crippen molar-refractivity contribution in [3.8, 4) is 0 Å². The van der Waals surface area contributed by atoms with Gasteiger partial charge in [0.2, 0.25) is 0 Å². The van der Waals surface area contributed by atoms with Crippen LogP contribution in [0.4, 0.5) is 15.4 Å². The summed E-state index contributed by atoms with van der Waals surface area (Å²) < 4.78 is 7.26. The predicted octanol–water partition coefficient (Wildman–Crippen LogP) is 2.61. The molecule has 2 aromatic rings. The van der Waals surface area contributed by atoms with Crippen molar-refractivity contribution in [1.82, 2.24) is 14.5 Å². The van der Waals surface area contributed by atoms with Gasteiger partial charge in [-0.2, -0.15) is 4.90 Å². The number of aliphatic hydroxyl groups is 1. The van der Waals surface area contributed by atoms with Gasteiger partial charge in [0.1, 0.15) is 17.6 Å². The Morgan fingerprint density at radius 1 is 1.38 bits per heavy atom. The van der Waals surface area contributed by atoms with Gasteiger partial charge in [-0.05, 0) is 36.7 Å². The molecule has 9 nitrogen and oxygen atoms in total. The maximum Gasteiger partial charge on any atom is 0.425 e. The molecule has 2 N–H and O–H groups in total. The average Bonchev–Trinajstić information content (AvgIpc) is 2.74. The number of hydrogen-bond acceptors (Lipinski definition) is 6. The number of halogens is 1. The Morgan fingerprint density at radius 3 is 2.58 bits per heavy atom. The maximum absolute atomic E-state index is 12.3. The highest BCUT2D eigenvalue weighted by molar-refractivity contribution is 9.10. The van der Waals surface area contributed by atoms with E-state index in [9.17, 15) is 14.7 Å². The topological polar surface area (TPSA) is 118 Å². The predicted molar refractivity (Wildman–Crippen MR) is 89.1 cm³/mol. The molecule has 2 amide bonds. The molecule has 0 unspecified atom stereocenters. The fourth-order valence-corrected chi connectivity index (χ4v) is 2.67. The van der Waals surface area contributed by atoms with Crippen molar-refractivity contribution in [2.45, 2.75) is 32.9 Å². The number of nitrogens with zero attached hydrogens (tertiary/aromatic N) is 4. The van der Waals surface area contributed by atoms with Crippen LogP contribution in [0.1, 0.15) is 20.8 Å². The first-order valence-electron chi connectivity index (χ1n) is 7.02. The van der Waals surface area contributed by atoms with Crippen LogP contribution in [0.2, 0.25) is 0 Å². The summed E-state index contributed by atoms with van der Waals surface area (Å²) in [6.07, 6.45) is 0.204. The van der Waals surface area contributed by atoms with Crippen LogP contribution in [0.25, 0.3) is 11.0 Å². The first-order valence-corrected chi connectivity index (χ1v) is 7.81. The molecule has 130 valence electrons. The summed E-state index contributed by atoms with van der Waals surface area (Å²) in [6, 6.07) is 0. The Hall–Kier alpha value is -2.20. The van der Waals surface area contributed by atoms with E-state index in [0.29, 0.717) is 20.4 Å². The number of amides is 2. The van der Waals surface area contributed by atoms with E-state index in [0.717, 1.165) is 6.33 Å². The minimum absolute atomic E-state index is 0.120. The van der Waals surface area contributed by atoms with Crippen molar-refractivity contribution in [3.05, 3.63) is 17.0 Å². The molecular weight excluding hydrogens is 384 g/mol. The number of hydrogen-bond donors (Lipinski definition) is 2. The summed E-state index contributed by atoms with van der Waals surface area (Å²) >= 11 is 3.31. The van der Waals surface area contributed by atoms with Crippen LogP contribution in [0.3, 0.4) is 0 Å². The minimum Gasteiger partial charge on any atom is -0.464 e. The molecule has 0 saturated heterocycles. The van der Waals surface area contributed by atoms with Crippen molar-refractivity contribution in [1.29, 1.82) is 0 Å². The normalized spacial score (nSPS) is 11.5. The Kier molecular flexibility index (Phi) is 5.09. The molecule has 0 saturated carbocycles. The molecule has 24 heavy (non-hydrogen) atoms. The molecule has 2 rings (SSSR count). The Morgan fingerprint density at radius 2 is 2.04 bits per heavy atom. The Labute approximate surface area is 146 Å². The van der Waals surface area contributed by atoms with E-state index in [1.165, 1.54) is 0 Å². The average molecular weight is 401 g/mol. The highest BCUT2D eigenvalue weighted by Gasteiger charge is 2.32. The summed E-state index contributed by atoms with van der Waals surface area (Å²) in [4.78, 5) is 32.4. The number of aliphatic hydroxyl groups excluding tert-OH is 1. The number of imide groups is 1. The molecule has 2 heterocycles. The third-order valence-electron chi connectivity index (χ3n) is 2.91. The lowest BCUT2D eigenvalue weighted by molar-refractivity contribution is 0.0581. The molecule has 0 spiro atoms. The van der Waals surface area contributed by atoms with Crippen molar-refractivity contribution >= 4 is 45.0 Å². The number of aromatic nitrogens is 3. The van der Waals surface area contributed by atoms with Gasteiger partial charge in [-0.15, -0.1) is 0 Å². The van der Waals surface area contributed by atoms with Gasteiger partial charge < -0.3 is 19.5 Å². The van der Waals surface area contributed by atoms with E-state index < -0.39 is 17.8 Å². The molecule has 0 atom stereocenters. The van der Waals surface area contributed by atoms with Crippen LogP contribution in [0.15, 0.2) is 17.0 Å². The molecule has 2 aromatic heterocycles. The summed E-state index contributed by atoms with van der Waals surface area (Å²) in [5.74, 6) is -0.120. The van der Waals surface area contributed by atoms with Gasteiger partial charge in [0.15, 0.2) is 5.82 Å². The second-order valence-electron chi connectivity index (χ2n) is 5.89. The smallest absolute Gasteiger partial charge is 0.425 e. The fraction of sp³-hybridized carbons (Fsp3) is 0.429. The molecule has 0 aromatic carbocycles. The van der Waals surface area contributed by atoms with Gasteiger partial charge in [-0.1, -0.05) is 0 Å². The van der Waals surface area contributed by atoms with Crippen molar-refractivity contribution in [2.24, 2.45) is 0 Å². The van der Waals surface area contributed by atoms with Gasteiger partial charge in [0.25, 0.3) is 0 Å². The number of fused-ring (bicyclic) bond motifs is 1. The highest BCUT2D eigenvalue weighted by Crippen LogP contribution is 2.32. The number of carboxylic acid groups (broad SMARTS) is 1. The molecule has 0 aliphatic rings. The zero-order valence-corrected chi connectivity index (χ0v) is 14.9. The van der Waals surface area contributed by atoms with Crippen LogP contribution in [0.5, 0.6) is 0 Å². The monoisotopic (exact) mass is 400 g/mol. The van der Waals surface area contributed by atoms with Crippen molar-refractivity contribution in [3.63, 3.8) is 0 Å². The highest BCUT2D eigenvalue weighted by atomic mass is 79.9. The van der Waals surface area contributed by atoms with E-state index in [1.807, 2.05) is 0 Å². The van der Waals surface area contributed by atoms with Crippen LogP contribution in [0, 0.1) is 0 Å². The van der Waals surface area contributed by atoms with Gasteiger partial charge in [-0.25, -0.2) is 19.6 Å². The van der Waals surface area contributed by atoms with Crippen LogP contribution in [-0.4, -0.2) is 49.1 Å². The van der Waals surface area contributed by atoms with Crippen molar-refractivity contribution in [2.75, 3.05) is 11.5 Å². The number of rotatable bonds is 3. The number of ether oxygens (including phenoxy) is 1. The van der Waals surface area contributed by atoms with E-state index in [-0.39, 0.29) is 19.0 Å². The van der Waals surface area contributed by atoms with Gasteiger partial charge in [0.05, 0.1) is 12.0 Å². The second kappa shape index (κ2) is 6.73. The molecule has 10 heteroatoms. The first kappa shape index (κ1) is 18.1. The lowest BCUT2D eigenvalue weighted by atomic mass is 10.2. The summed E-state index contributed by atoms with van der Waals surface area (Å²) in [7, 11) is 0. The quantitative estimate of drug-likeness (QED) is 0.812. The molecular formula is C14H17BrN4O5. The minimum atomic E-state index is -1.52. The fourth-order valence-electron chi connectivity index (χ4n) is 2.07. The SMILES string of the molecule is CC(C)(C)OC(=O)N(C(=O)O)c1ncnc2c1c(Br)cn2CCO. The Balaban J connectivity index is 2.59. The van der Waals surface area contributed by atoms with E-state index in [2.05, 4.69) is 25.9 Å². The van der Waals surface area contributed by atoms with E-state index >= 15 is 0 Å². The van der Waals surface area contributed by atoms with E-state index in [1.54, 1.807) is 31.5 Å². The second-order valence-corrected chi connectivity index (χ2v) is 6.74.